The lowest BCUT2D eigenvalue weighted by Gasteiger charge is -2.25. The van der Waals surface area contributed by atoms with Gasteiger partial charge in [-0.25, -0.2) is 18.5 Å². The molecule has 3 aromatic rings. The molecule has 1 aliphatic heterocycles. The topological polar surface area (TPSA) is 264 Å². The highest BCUT2D eigenvalue weighted by Crippen LogP contribution is 2.67. The van der Waals surface area contributed by atoms with E-state index in [1.807, 2.05) is 0 Å². The average molecular weight is 943 g/mol. The van der Waals surface area contributed by atoms with Crippen LogP contribution in [0.3, 0.4) is 0 Å². The van der Waals surface area contributed by atoms with Gasteiger partial charge in [0.1, 0.15) is 30.3 Å². The van der Waals surface area contributed by atoms with E-state index in [-0.39, 0.29) is 18.2 Å². The molecule has 2 heterocycles. The second kappa shape index (κ2) is 25.7. The molecule has 0 saturated carbocycles. The number of anilines is 1. The Morgan fingerprint density at radius 3 is 1.89 bits per heavy atom. The standard InChI is InChI=1S/C25H29F2N4O14P3.2C6H15N/c1-16(22(33)40-14-17-8-4-2-5-9-17)30-46(35,43-18-10-6-3-7-11-18)44-48(38,39)45-47(36,37)41-15-19-21(32)25(26,27)23(42-19)31-13-12-20(28)29-24(31)34;2*1-4-7(5-2)6-3/h2-13,16,19,21,23,32H,14-15H2,1H3,(H,30,35)(H,36,37)(H,38,39)(H2,28,29,34);2*4-6H2,1-3H3/t16-,19+,21+,23+,46?;;/m0../s1. The fraction of sp³-hybridized carbons (Fsp3) is 0.541. The van der Waals surface area contributed by atoms with Crippen molar-refractivity contribution < 1.29 is 69.3 Å². The van der Waals surface area contributed by atoms with Crippen LogP contribution in [0.1, 0.15) is 60.3 Å². The minimum absolute atomic E-state index is 0.192. The first-order valence-electron chi connectivity index (χ1n) is 19.7. The second-order valence-electron chi connectivity index (χ2n) is 13.2. The van der Waals surface area contributed by atoms with Crippen molar-refractivity contribution in [1.82, 2.24) is 24.4 Å². The summed E-state index contributed by atoms with van der Waals surface area (Å²) in [6.07, 6.45) is -6.47. The molecular formula is C37H59F2N6O14P3. The fourth-order valence-corrected chi connectivity index (χ4v) is 9.75. The predicted octanol–water partition coefficient (Wildman–Crippen LogP) is 5.57. The highest BCUT2D eigenvalue weighted by atomic mass is 31.3. The molecule has 0 aliphatic carbocycles. The Morgan fingerprint density at radius 1 is 0.887 bits per heavy atom. The Bertz CT molecular complexity index is 1980. The number of nitrogens with two attached hydrogens (primary N) is 1. The molecule has 0 amide bonds. The zero-order valence-corrected chi connectivity index (χ0v) is 38.4. The number of nitrogens with one attached hydrogen (secondary N) is 1. The van der Waals surface area contributed by atoms with Crippen molar-refractivity contribution in [3.05, 3.63) is 89.0 Å². The number of hydrogen-bond donors (Lipinski definition) is 5. The minimum Gasteiger partial charge on any atom is -0.460 e. The number of ether oxygens (including phenoxy) is 2. The number of aliphatic hydroxyl groups is 1. The molecule has 0 radical (unpaired) electrons. The van der Waals surface area contributed by atoms with E-state index in [4.69, 9.17) is 19.7 Å². The number of halogens is 2. The molecule has 25 heteroatoms. The van der Waals surface area contributed by atoms with Crippen molar-refractivity contribution >= 4 is 35.2 Å². The van der Waals surface area contributed by atoms with E-state index in [2.05, 4.69) is 74.6 Å². The maximum absolute atomic E-state index is 14.8. The van der Waals surface area contributed by atoms with Crippen LogP contribution in [0.25, 0.3) is 0 Å². The SMILES string of the molecule is CCN(CC)CC.CCN(CC)CC.C[C@H](NP(=O)(Oc1ccccc1)OP(=O)(O)OP(=O)(O)OC[C@H]1O[C@@H](n2ccc(N)nc2=O)C(F)(F)[C@@H]1O)C(=O)OCc1ccccc1. The van der Waals surface area contributed by atoms with Gasteiger partial charge in [0, 0.05) is 6.20 Å². The molecule has 1 saturated heterocycles. The maximum Gasteiger partial charge on any atom is 0.490 e. The highest BCUT2D eigenvalue weighted by Gasteiger charge is 2.60. The van der Waals surface area contributed by atoms with Crippen LogP contribution in [-0.4, -0.2) is 110 Å². The number of carbonyl (C=O) groups is 1. The Labute approximate surface area is 360 Å². The second-order valence-corrected chi connectivity index (χ2v) is 18.0. The van der Waals surface area contributed by atoms with E-state index in [1.165, 1.54) is 63.5 Å². The molecule has 1 fully saturated rings. The molecule has 1 aromatic heterocycles. The van der Waals surface area contributed by atoms with Crippen molar-refractivity contribution in [2.45, 2.75) is 85.5 Å². The summed E-state index contributed by atoms with van der Waals surface area (Å²) in [5, 5.41) is 12.2. The normalized spacial score (nSPS) is 20.3. The number of carbonyl (C=O) groups excluding carboxylic acids is 1. The van der Waals surface area contributed by atoms with Crippen molar-refractivity contribution in [3.8, 4) is 5.75 Å². The number of para-hydroxylation sites is 1. The van der Waals surface area contributed by atoms with Gasteiger partial charge in [-0.15, -0.1) is 0 Å². The molecule has 62 heavy (non-hydrogen) atoms. The third kappa shape index (κ3) is 18.0. The number of aliphatic hydroxyl groups excluding tert-OH is 1. The molecule has 0 bridgehead atoms. The Balaban J connectivity index is 0.000000811. The van der Waals surface area contributed by atoms with E-state index < -0.39 is 72.1 Å². The first kappa shape index (κ1) is 54.7. The van der Waals surface area contributed by atoms with Gasteiger partial charge in [-0.3, -0.25) is 13.9 Å². The summed E-state index contributed by atoms with van der Waals surface area (Å²) >= 11 is 0. The van der Waals surface area contributed by atoms with Crippen LogP contribution in [-0.2, 0) is 47.7 Å². The number of esters is 1. The summed E-state index contributed by atoms with van der Waals surface area (Å²) < 4.78 is 97.4. The van der Waals surface area contributed by atoms with Crippen LogP contribution >= 0.6 is 23.4 Å². The number of nitrogens with zero attached hydrogens (tertiary/aromatic N) is 4. The molecule has 7 atom stereocenters. The van der Waals surface area contributed by atoms with Gasteiger partial charge in [-0.1, -0.05) is 90.1 Å². The number of rotatable bonds is 21. The summed E-state index contributed by atoms with van der Waals surface area (Å²) in [6.45, 7) is 19.8. The van der Waals surface area contributed by atoms with E-state index in [0.29, 0.717) is 10.1 Å². The first-order chi connectivity index (χ1) is 29.1. The van der Waals surface area contributed by atoms with Crippen LogP contribution < -0.4 is 21.0 Å². The zero-order chi connectivity index (χ0) is 46.7. The number of phosphoric acid groups is 2. The average Bonchev–Trinajstić information content (AvgIpc) is 3.44. The van der Waals surface area contributed by atoms with Crippen molar-refractivity contribution in [2.24, 2.45) is 0 Å². The van der Waals surface area contributed by atoms with Gasteiger partial charge in [0.25, 0.3) is 0 Å². The quantitative estimate of drug-likeness (QED) is 0.0645. The van der Waals surface area contributed by atoms with E-state index >= 15 is 0 Å². The zero-order valence-electron chi connectivity index (χ0n) is 35.7. The molecule has 1 aliphatic rings. The molecule has 350 valence electrons. The molecule has 3 unspecified atom stereocenters. The van der Waals surface area contributed by atoms with Gasteiger partial charge >= 0.3 is 41.0 Å². The lowest BCUT2D eigenvalue weighted by molar-refractivity contribution is -0.146. The molecular weight excluding hydrogens is 883 g/mol. The summed E-state index contributed by atoms with van der Waals surface area (Å²) in [5.74, 6) is -5.68. The molecule has 0 spiro atoms. The lowest BCUT2D eigenvalue weighted by atomic mass is 10.1. The summed E-state index contributed by atoms with van der Waals surface area (Å²) in [6, 6.07) is 14.8. The van der Waals surface area contributed by atoms with Crippen LogP contribution in [0, 0.1) is 0 Å². The number of hydrogen-bond acceptors (Lipinski definition) is 16. The maximum atomic E-state index is 14.8. The van der Waals surface area contributed by atoms with Crippen molar-refractivity contribution in [3.63, 3.8) is 0 Å². The Kier molecular flexibility index (Phi) is 22.7. The third-order valence-electron chi connectivity index (χ3n) is 8.88. The third-order valence-corrected chi connectivity index (χ3v) is 13.9. The van der Waals surface area contributed by atoms with Crippen molar-refractivity contribution in [2.75, 3.05) is 51.6 Å². The molecule has 2 aromatic carbocycles. The van der Waals surface area contributed by atoms with Crippen LogP contribution in [0.15, 0.2) is 77.7 Å². The fourth-order valence-electron chi connectivity index (χ4n) is 5.35. The van der Waals surface area contributed by atoms with Gasteiger partial charge in [0.05, 0.1) is 6.61 Å². The monoisotopic (exact) mass is 942 g/mol. The number of phosphoric ester groups is 1. The number of alkyl halides is 2. The van der Waals surface area contributed by atoms with E-state index in [9.17, 15) is 47.0 Å². The van der Waals surface area contributed by atoms with Crippen molar-refractivity contribution in [1.29, 1.82) is 0 Å². The smallest absolute Gasteiger partial charge is 0.460 e. The van der Waals surface area contributed by atoms with Gasteiger partial charge in [0.2, 0.25) is 6.23 Å². The summed E-state index contributed by atoms with van der Waals surface area (Å²) in [4.78, 5) is 53.0. The van der Waals surface area contributed by atoms with Crippen LogP contribution in [0.2, 0.25) is 0 Å². The molecule has 6 N–H and O–H groups in total. The van der Waals surface area contributed by atoms with E-state index in [0.717, 1.165) is 19.2 Å². The first-order valence-corrected chi connectivity index (χ1v) is 24.2. The highest BCUT2D eigenvalue weighted by molar-refractivity contribution is 7.68. The predicted molar refractivity (Wildman–Crippen MR) is 226 cm³/mol. The number of nitrogen functional groups attached to an aromatic ring is 1. The van der Waals surface area contributed by atoms with Gasteiger partial charge in [-0.2, -0.15) is 27.5 Å². The molecule has 4 rings (SSSR count). The number of benzene rings is 2. The Morgan fingerprint density at radius 2 is 1.40 bits per heavy atom. The van der Waals surface area contributed by atoms with Gasteiger partial charge in [0.15, 0.2) is 6.10 Å². The lowest BCUT2D eigenvalue weighted by Crippen LogP contribution is -2.41. The minimum atomic E-state index is -5.95. The largest absolute Gasteiger partial charge is 0.490 e. The molecule has 20 nitrogen and oxygen atoms in total. The number of aromatic nitrogens is 2. The summed E-state index contributed by atoms with van der Waals surface area (Å²) in [7, 11) is -16.9. The Hall–Kier alpha value is -3.46. The summed E-state index contributed by atoms with van der Waals surface area (Å²) in [5.41, 5.74) is 4.68. The van der Waals surface area contributed by atoms with Crippen LogP contribution in [0.5, 0.6) is 5.75 Å². The van der Waals surface area contributed by atoms with Gasteiger partial charge < -0.3 is 44.4 Å². The van der Waals surface area contributed by atoms with Gasteiger partial charge in [-0.05, 0) is 70.0 Å². The van der Waals surface area contributed by atoms with E-state index in [1.54, 1.807) is 36.4 Å². The van der Waals surface area contributed by atoms with Crippen LogP contribution in [0.4, 0.5) is 14.6 Å².